The maximum absolute atomic E-state index is 14.9. The van der Waals surface area contributed by atoms with Crippen molar-refractivity contribution in [3.05, 3.63) is 100 Å². The Labute approximate surface area is 221 Å². The van der Waals surface area contributed by atoms with Gasteiger partial charge in [0.1, 0.15) is 11.1 Å². The fraction of sp³-hybridized carbons (Fsp3) is 0.179. The Morgan fingerprint density at radius 2 is 1.95 bits per heavy atom. The molecule has 5 aromatic rings. The lowest BCUT2D eigenvalue weighted by Gasteiger charge is -2.16. The van der Waals surface area contributed by atoms with E-state index < -0.39 is 17.3 Å². The lowest BCUT2D eigenvalue weighted by atomic mass is 10.1. The van der Waals surface area contributed by atoms with Crippen LogP contribution >= 0.6 is 0 Å². The van der Waals surface area contributed by atoms with Crippen molar-refractivity contribution in [2.75, 3.05) is 12.4 Å². The van der Waals surface area contributed by atoms with Crippen LogP contribution in [-0.4, -0.2) is 37.2 Å². The second-order valence-electron chi connectivity index (χ2n) is 9.19. The second kappa shape index (κ2) is 9.67. The quantitative estimate of drug-likeness (QED) is 0.328. The van der Waals surface area contributed by atoms with Gasteiger partial charge in [-0.3, -0.25) is 14.2 Å². The average molecular weight is 527 g/mol. The van der Waals surface area contributed by atoms with Crippen molar-refractivity contribution in [1.82, 2.24) is 24.1 Å². The minimum atomic E-state index is -0.711. The molecule has 0 bridgehead atoms. The minimum absolute atomic E-state index is 0.0755. The van der Waals surface area contributed by atoms with Crippen LogP contribution in [0.15, 0.2) is 72.0 Å². The highest BCUT2D eigenvalue weighted by Crippen LogP contribution is 2.40. The molecule has 1 saturated carbocycles. The van der Waals surface area contributed by atoms with Gasteiger partial charge in [0.25, 0.3) is 11.5 Å². The molecular formula is C28H23FN6O4. The van der Waals surface area contributed by atoms with Gasteiger partial charge in [-0.25, -0.2) is 18.9 Å². The number of hydrogen-bond acceptors (Lipinski definition) is 7. The number of nitrogens with zero attached hydrogens (tertiary/aromatic N) is 5. The summed E-state index contributed by atoms with van der Waals surface area (Å²) in [7, 11) is 1.52. The molecule has 0 saturated heterocycles. The number of carbonyl (C=O) groups is 1. The van der Waals surface area contributed by atoms with Crippen molar-refractivity contribution in [1.29, 1.82) is 0 Å². The molecule has 1 amide bonds. The average Bonchev–Trinajstić information content (AvgIpc) is 3.66. The van der Waals surface area contributed by atoms with Gasteiger partial charge in [-0.15, -0.1) is 0 Å². The van der Waals surface area contributed by atoms with Crippen LogP contribution in [0.5, 0.6) is 17.5 Å². The summed E-state index contributed by atoms with van der Waals surface area (Å²) in [6.07, 6.45) is 8.22. The minimum Gasteiger partial charge on any atom is -0.481 e. The number of carbonyl (C=O) groups excluding carboxylic acids is 1. The third-order valence-electron chi connectivity index (χ3n) is 6.55. The Hall–Kier alpha value is -5.06. The van der Waals surface area contributed by atoms with Gasteiger partial charge in [-0.05, 0) is 61.6 Å². The number of amides is 1. The van der Waals surface area contributed by atoms with Gasteiger partial charge >= 0.3 is 0 Å². The van der Waals surface area contributed by atoms with Crippen LogP contribution in [0, 0.1) is 12.7 Å². The van der Waals surface area contributed by atoms with Crippen LogP contribution in [-0.2, 0) is 0 Å². The van der Waals surface area contributed by atoms with Gasteiger partial charge in [0.15, 0.2) is 11.6 Å². The number of rotatable bonds is 7. The number of pyridine rings is 2. The fourth-order valence-corrected chi connectivity index (χ4v) is 4.42. The molecular weight excluding hydrogens is 503 g/mol. The summed E-state index contributed by atoms with van der Waals surface area (Å²) in [4.78, 5) is 35.2. The first kappa shape index (κ1) is 24.3. The first-order valence-electron chi connectivity index (χ1n) is 12.3. The number of fused-ring (bicyclic) bond motifs is 1. The first-order valence-corrected chi connectivity index (χ1v) is 12.3. The van der Waals surface area contributed by atoms with Gasteiger partial charge in [-0.2, -0.15) is 5.10 Å². The van der Waals surface area contributed by atoms with Gasteiger partial charge in [-0.1, -0.05) is 0 Å². The molecule has 1 aliphatic carbocycles. The molecule has 11 heteroatoms. The molecule has 6 rings (SSSR count). The van der Waals surface area contributed by atoms with E-state index in [4.69, 9.17) is 9.47 Å². The number of halogens is 1. The van der Waals surface area contributed by atoms with Crippen LogP contribution in [0.25, 0.3) is 11.2 Å². The van der Waals surface area contributed by atoms with E-state index in [0.29, 0.717) is 17.1 Å². The first-order chi connectivity index (χ1) is 18.9. The largest absolute Gasteiger partial charge is 0.481 e. The highest BCUT2D eigenvalue weighted by Gasteiger charge is 2.29. The maximum atomic E-state index is 14.9. The highest BCUT2D eigenvalue weighted by molar-refractivity contribution is 6.04. The van der Waals surface area contributed by atoms with Crippen LogP contribution < -0.4 is 20.3 Å². The Morgan fingerprint density at radius 3 is 2.69 bits per heavy atom. The molecule has 4 aromatic heterocycles. The molecule has 0 spiro atoms. The summed E-state index contributed by atoms with van der Waals surface area (Å²) >= 11 is 0. The molecule has 0 unspecified atom stereocenters. The van der Waals surface area contributed by atoms with Gasteiger partial charge < -0.3 is 14.8 Å². The Kier molecular flexibility index (Phi) is 6.02. The zero-order valence-electron chi connectivity index (χ0n) is 21.1. The SMILES string of the molecule is COc1cc(C)c(-n2c(C3CC3)ccc(C(=O)Nc3ccc(Oc4nccn5nccc45)c(F)c3)c2=O)cn1. The molecule has 196 valence electrons. The van der Waals surface area contributed by atoms with Gasteiger partial charge in [0.2, 0.25) is 11.8 Å². The van der Waals surface area contributed by atoms with Crippen LogP contribution in [0.3, 0.4) is 0 Å². The highest BCUT2D eigenvalue weighted by atomic mass is 19.1. The van der Waals surface area contributed by atoms with E-state index in [1.165, 1.54) is 36.1 Å². The fourth-order valence-electron chi connectivity index (χ4n) is 4.42. The summed E-state index contributed by atoms with van der Waals surface area (Å²) < 4.78 is 28.9. The molecule has 10 nitrogen and oxygen atoms in total. The molecule has 39 heavy (non-hydrogen) atoms. The molecule has 1 fully saturated rings. The number of hydrogen-bond donors (Lipinski definition) is 1. The van der Waals surface area contributed by atoms with E-state index in [1.807, 2.05) is 6.92 Å². The summed E-state index contributed by atoms with van der Waals surface area (Å²) in [5.74, 6) is -0.593. The zero-order valence-corrected chi connectivity index (χ0v) is 21.1. The Morgan fingerprint density at radius 1 is 1.10 bits per heavy atom. The Balaban J connectivity index is 1.28. The van der Waals surface area contributed by atoms with E-state index >= 15 is 0 Å². The van der Waals surface area contributed by atoms with Crippen molar-refractivity contribution < 1.29 is 18.7 Å². The third kappa shape index (κ3) is 4.58. The van der Waals surface area contributed by atoms with Crippen LogP contribution in [0.1, 0.15) is 40.4 Å². The molecule has 0 aliphatic heterocycles. The normalized spacial score (nSPS) is 12.9. The van der Waals surface area contributed by atoms with Gasteiger partial charge in [0, 0.05) is 35.9 Å². The summed E-state index contributed by atoms with van der Waals surface area (Å²) in [6.45, 7) is 1.85. The predicted molar refractivity (Wildman–Crippen MR) is 141 cm³/mol. The van der Waals surface area contributed by atoms with Crippen molar-refractivity contribution in [2.24, 2.45) is 0 Å². The van der Waals surface area contributed by atoms with E-state index in [9.17, 15) is 14.0 Å². The monoisotopic (exact) mass is 526 g/mol. The lowest BCUT2D eigenvalue weighted by Crippen LogP contribution is -2.30. The summed E-state index contributed by atoms with van der Waals surface area (Å²) in [5, 5.41) is 6.72. The predicted octanol–water partition coefficient (Wildman–Crippen LogP) is 4.65. The number of aryl methyl sites for hydroxylation is 1. The molecule has 0 atom stereocenters. The summed E-state index contributed by atoms with van der Waals surface area (Å²) in [6, 6.07) is 10.7. The number of ether oxygens (including phenoxy) is 2. The van der Waals surface area contributed by atoms with Crippen LogP contribution in [0.2, 0.25) is 0 Å². The van der Waals surface area contributed by atoms with E-state index in [-0.39, 0.29) is 28.8 Å². The molecule has 4 heterocycles. The van der Waals surface area contributed by atoms with Gasteiger partial charge in [0.05, 0.1) is 25.2 Å². The van der Waals surface area contributed by atoms with Crippen LogP contribution in [0.4, 0.5) is 10.1 Å². The number of anilines is 1. The van der Waals surface area contributed by atoms with E-state index in [1.54, 1.807) is 41.3 Å². The maximum Gasteiger partial charge on any atom is 0.268 e. The summed E-state index contributed by atoms with van der Waals surface area (Å²) in [5.41, 5.74) is 2.36. The van der Waals surface area contributed by atoms with Crippen molar-refractivity contribution in [3.63, 3.8) is 0 Å². The number of methoxy groups -OCH3 is 1. The number of nitrogens with one attached hydrogen (secondary N) is 1. The molecule has 1 aliphatic rings. The molecule has 1 aromatic carbocycles. The van der Waals surface area contributed by atoms with E-state index in [0.717, 1.165) is 30.2 Å². The third-order valence-corrected chi connectivity index (χ3v) is 6.55. The Bertz CT molecular complexity index is 1790. The van der Waals surface area contributed by atoms with Crippen molar-refractivity contribution in [3.8, 4) is 23.2 Å². The van der Waals surface area contributed by atoms with E-state index in [2.05, 4.69) is 20.4 Å². The smallest absolute Gasteiger partial charge is 0.268 e. The molecule has 1 N–H and O–H groups in total. The zero-order chi connectivity index (χ0) is 27.1. The lowest BCUT2D eigenvalue weighted by molar-refractivity contribution is 0.102. The number of benzene rings is 1. The topological polar surface area (TPSA) is 113 Å². The van der Waals surface area contributed by atoms with Crippen molar-refractivity contribution >= 4 is 17.1 Å². The molecule has 0 radical (unpaired) electrons. The number of aromatic nitrogens is 5. The van der Waals surface area contributed by atoms with Crippen molar-refractivity contribution in [2.45, 2.75) is 25.7 Å². The second-order valence-corrected chi connectivity index (χ2v) is 9.19. The standard InChI is InChI=1S/C28H23FN6O4/c1-16-13-25(38-2)31-15-23(16)35-21(17-3-4-17)7-6-19(28(35)37)26(36)33-18-5-8-24(20(29)14-18)39-27-22-9-10-32-34(22)12-11-30-27/h5-15,17H,3-4H2,1-2H3,(H,33,36).